The van der Waals surface area contributed by atoms with Crippen LogP contribution in [0.5, 0.6) is 0 Å². The van der Waals surface area contributed by atoms with Crippen LogP contribution in [-0.2, 0) is 19.7 Å². The highest BCUT2D eigenvalue weighted by Crippen LogP contribution is 2.36. The number of carbonyl (C=O) groups excluding carboxylic acids is 1. The van der Waals surface area contributed by atoms with E-state index in [4.69, 9.17) is 10.3 Å². The van der Waals surface area contributed by atoms with Crippen LogP contribution in [0.25, 0.3) is 10.4 Å². The average molecular weight is 418 g/mol. The fraction of sp³-hybridized carbons (Fsp3) is 0.733. The molecule has 1 aliphatic heterocycles. The zero-order chi connectivity index (χ0) is 21.6. The molecule has 13 heteroatoms. The molecule has 1 aliphatic rings. The summed E-state index contributed by atoms with van der Waals surface area (Å²) in [6.07, 6.45) is 0.924. The van der Waals surface area contributed by atoms with E-state index in [9.17, 15) is 23.1 Å². The van der Waals surface area contributed by atoms with Crippen molar-refractivity contribution < 1.29 is 27.9 Å². The molecule has 0 saturated carbocycles. The van der Waals surface area contributed by atoms with Gasteiger partial charge in [0.2, 0.25) is 0 Å². The van der Waals surface area contributed by atoms with Gasteiger partial charge in [-0.3, -0.25) is 4.79 Å². The predicted octanol–water partition coefficient (Wildman–Crippen LogP) is 0.987. The molecule has 0 aliphatic carbocycles. The number of carboxylic acids is 1. The zero-order valence-electron chi connectivity index (χ0n) is 16.1. The van der Waals surface area contributed by atoms with Gasteiger partial charge in [0, 0.05) is 31.1 Å². The van der Waals surface area contributed by atoms with E-state index in [1.54, 1.807) is 20.8 Å². The minimum atomic E-state index is -4.06. The van der Waals surface area contributed by atoms with E-state index in [1.165, 1.54) is 6.08 Å². The summed E-state index contributed by atoms with van der Waals surface area (Å²) < 4.78 is 33.2. The lowest BCUT2D eigenvalue weighted by Crippen LogP contribution is -2.47. The minimum absolute atomic E-state index is 0.0293. The zero-order valence-corrected chi connectivity index (χ0v) is 16.9. The first kappa shape index (κ1) is 23.7. The van der Waals surface area contributed by atoms with Gasteiger partial charge in [0.15, 0.2) is 5.54 Å². The van der Waals surface area contributed by atoms with Gasteiger partial charge >= 0.3 is 12.1 Å². The van der Waals surface area contributed by atoms with Crippen molar-refractivity contribution in [2.75, 3.05) is 26.2 Å². The molecule has 1 saturated heterocycles. The number of carboxylic acid groups (broad SMARTS) is 1. The number of amides is 1. The maximum absolute atomic E-state index is 12.5. The lowest BCUT2D eigenvalue weighted by Gasteiger charge is -2.23. The summed E-state index contributed by atoms with van der Waals surface area (Å²) in [5, 5.41) is 15.3. The van der Waals surface area contributed by atoms with Crippen LogP contribution >= 0.6 is 0 Å². The van der Waals surface area contributed by atoms with E-state index >= 15 is 0 Å². The maximum Gasteiger partial charge on any atom is 0.407 e. The Kier molecular flexibility index (Phi) is 7.82. The van der Waals surface area contributed by atoms with Gasteiger partial charge in [-0.2, -0.15) is 12.7 Å². The molecule has 1 amide bonds. The van der Waals surface area contributed by atoms with Gasteiger partial charge in [0.25, 0.3) is 10.2 Å². The topological polar surface area (TPSA) is 174 Å². The van der Waals surface area contributed by atoms with E-state index in [0.29, 0.717) is 0 Å². The molecule has 1 fully saturated rings. The highest BCUT2D eigenvalue weighted by atomic mass is 32.2. The maximum atomic E-state index is 12.5. The fourth-order valence-corrected chi connectivity index (χ4v) is 4.03. The van der Waals surface area contributed by atoms with Gasteiger partial charge in [-0.25, -0.2) is 9.52 Å². The molecule has 1 rings (SSSR count). The highest BCUT2D eigenvalue weighted by molar-refractivity contribution is 7.87. The second-order valence-corrected chi connectivity index (χ2v) is 9.02. The van der Waals surface area contributed by atoms with Crippen molar-refractivity contribution >= 4 is 22.3 Å². The Labute approximate surface area is 163 Å². The second kappa shape index (κ2) is 9.24. The third-order valence-electron chi connectivity index (χ3n) is 3.98. The van der Waals surface area contributed by atoms with Gasteiger partial charge < -0.3 is 15.2 Å². The minimum Gasteiger partial charge on any atom is -0.481 e. The summed E-state index contributed by atoms with van der Waals surface area (Å²) in [5.74, 6) is -2.16. The van der Waals surface area contributed by atoms with Crippen LogP contribution in [0.3, 0.4) is 0 Å². The monoisotopic (exact) mass is 418 g/mol. The fourth-order valence-electron chi connectivity index (χ4n) is 2.74. The number of alkyl carbamates (subject to hydrolysis) is 1. The Morgan fingerprint density at radius 2 is 2.11 bits per heavy atom. The van der Waals surface area contributed by atoms with Crippen LogP contribution in [0.2, 0.25) is 0 Å². The van der Waals surface area contributed by atoms with E-state index in [-0.39, 0.29) is 26.1 Å². The highest BCUT2D eigenvalue weighted by Gasteiger charge is 2.54. The summed E-state index contributed by atoms with van der Waals surface area (Å²) in [6, 6.07) is 0. The van der Waals surface area contributed by atoms with E-state index in [2.05, 4.69) is 26.6 Å². The average Bonchev–Trinajstić information content (AvgIpc) is 2.92. The molecule has 28 heavy (non-hydrogen) atoms. The molecule has 158 valence electrons. The van der Waals surface area contributed by atoms with Crippen LogP contribution in [0.4, 0.5) is 4.79 Å². The number of hydrogen-bond acceptors (Lipinski definition) is 6. The molecule has 2 unspecified atom stereocenters. The van der Waals surface area contributed by atoms with E-state index in [1.807, 2.05) is 0 Å². The van der Waals surface area contributed by atoms with Crippen LogP contribution < -0.4 is 10.0 Å². The molecule has 0 radical (unpaired) electrons. The number of ether oxygens (including phenoxy) is 1. The number of nitrogens with zero attached hydrogens (tertiary/aromatic N) is 4. The Bertz CT molecular complexity index is 753. The summed E-state index contributed by atoms with van der Waals surface area (Å²) >= 11 is 0. The molecule has 0 aromatic heterocycles. The van der Waals surface area contributed by atoms with E-state index < -0.39 is 45.9 Å². The van der Waals surface area contributed by atoms with Crippen molar-refractivity contribution in [3.05, 3.63) is 23.1 Å². The Hall–Kier alpha value is -2.34. The quantitative estimate of drug-likeness (QED) is 0.165. The number of rotatable bonds is 9. The number of allylic oxidation sites excluding steroid dienone is 1. The van der Waals surface area contributed by atoms with Gasteiger partial charge in [-0.15, -0.1) is 6.58 Å². The lowest BCUT2D eigenvalue weighted by atomic mass is 9.85. The predicted molar refractivity (Wildman–Crippen MR) is 101 cm³/mol. The molecule has 2 atom stereocenters. The number of carbonyl (C=O) groups is 2. The third kappa shape index (κ3) is 6.09. The summed E-state index contributed by atoms with van der Waals surface area (Å²) in [6.45, 7) is 7.81. The third-order valence-corrected chi connectivity index (χ3v) is 5.51. The van der Waals surface area contributed by atoms with Crippen LogP contribution in [0, 0.1) is 5.92 Å². The number of aliphatic carboxylic acids is 1. The molecule has 0 bridgehead atoms. The standard InChI is InChI=1S/C15H26N6O6S/c1-5-6-11-9-21(10-15(11,12(22)23)19-20-16)28(25,26)18-8-7-17-13(24)27-14(2,3)4/h5,11,18H,1,6-10H2,2-4H3,(H,17,24)(H,22,23). The first-order valence-corrected chi connectivity index (χ1v) is 9.94. The summed E-state index contributed by atoms with van der Waals surface area (Å²) in [4.78, 5) is 25.9. The molecule has 12 nitrogen and oxygen atoms in total. The second-order valence-electron chi connectivity index (χ2n) is 7.26. The first-order valence-electron chi connectivity index (χ1n) is 8.50. The molecule has 3 N–H and O–H groups in total. The SMILES string of the molecule is C=CCC1CN(S(=O)(=O)NCCNC(=O)OC(C)(C)C)CC1(N=[N+]=[N-])C(=O)O. The van der Waals surface area contributed by atoms with Crippen molar-refractivity contribution in [2.45, 2.75) is 38.3 Å². The van der Waals surface area contributed by atoms with Crippen molar-refractivity contribution in [2.24, 2.45) is 11.0 Å². The molecule has 0 aromatic carbocycles. The Balaban J connectivity index is 2.75. The number of hydrogen-bond donors (Lipinski definition) is 3. The Morgan fingerprint density at radius 3 is 2.61 bits per heavy atom. The largest absolute Gasteiger partial charge is 0.481 e. The van der Waals surface area contributed by atoms with E-state index in [0.717, 1.165) is 4.31 Å². The van der Waals surface area contributed by atoms with Crippen molar-refractivity contribution in [1.29, 1.82) is 0 Å². The number of azide groups is 1. The van der Waals surface area contributed by atoms with Gasteiger partial charge in [-0.05, 0) is 38.6 Å². The van der Waals surface area contributed by atoms with Crippen molar-refractivity contribution in [3.8, 4) is 0 Å². The van der Waals surface area contributed by atoms with Gasteiger partial charge in [0.05, 0.1) is 0 Å². The first-order chi connectivity index (χ1) is 12.9. The molecule has 0 spiro atoms. The lowest BCUT2D eigenvalue weighted by molar-refractivity contribution is -0.144. The molecule has 0 aromatic rings. The summed E-state index contributed by atoms with van der Waals surface area (Å²) in [5.41, 5.74) is 6.17. The smallest absolute Gasteiger partial charge is 0.407 e. The van der Waals surface area contributed by atoms with Gasteiger partial charge in [0.1, 0.15) is 5.60 Å². The van der Waals surface area contributed by atoms with Crippen LogP contribution in [0.15, 0.2) is 17.8 Å². The van der Waals surface area contributed by atoms with Crippen molar-refractivity contribution in [1.82, 2.24) is 14.3 Å². The Morgan fingerprint density at radius 1 is 1.46 bits per heavy atom. The summed E-state index contributed by atoms with van der Waals surface area (Å²) in [7, 11) is -4.06. The normalized spacial score (nSPS) is 22.9. The molecular weight excluding hydrogens is 392 g/mol. The molecule has 1 heterocycles. The number of nitrogens with one attached hydrogen (secondary N) is 2. The van der Waals surface area contributed by atoms with Crippen LogP contribution in [0.1, 0.15) is 27.2 Å². The molecular formula is C15H26N6O6S. The van der Waals surface area contributed by atoms with Gasteiger partial charge in [-0.1, -0.05) is 11.2 Å². The van der Waals surface area contributed by atoms with Crippen molar-refractivity contribution in [3.63, 3.8) is 0 Å². The van der Waals surface area contributed by atoms with Crippen LogP contribution in [-0.4, -0.2) is 67.2 Å².